The molecule has 5 rings (SSSR count). The molecule has 29 heavy (non-hydrogen) atoms. The zero-order valence-electron chi connectivity index (χ0n) is 16.7. The van der Waals surface area contributed by atoms with E-state index in [1.807, 2.05) is 0 Å². The van der Waals surface area contributed by atoms with Gasteiger partial charge in [-0.25, -0.2) is 0 Å². The highest BCUT2D eigenvalue weighted by molar-refractivity contribution is 7.87. The van der Waals surface area contributed by atoms with Crippen LogP contribution in [0.2, 0.25) is 0 Å². The van der Waals surface area contributed by atoms with Gasteiger partial charge in [-0.1, -0.05) is 12.2 Å². The van der Waals surface area contributed by atoms with Crippen molar-refractivity contribution < 1.29 is 25.8 Å². The van der Waals surface area contributed by atoms with Gasteiger partial charge >= 0.3 is 15.6 Å². The van der Waals surface area contributed by atoms with E-state index in [4.69, 9.17) is 0 Å². The molecule has 9 atom stereocenters. The molecule has 0 spiro atoms. The van der Waals surface area contributed by atoms with Crippen molar-refractivity contribution in [1.82, 2.24) is 0 Å². The summed E-state index contributed by atoms with van der Waals surface area (Å²) in [4.78, 5) is 0. The molecule has 5 aliphatic carbocycles. The number of allylic oxidation sites excluding steroid dienone is 2. The van der Waals surface area contributed by atoms with Crippen molar-refractivity contribution in [3.63, 3.8) is 0 Å². The zero-order valence-corrected chi connectivity index (χ0v) is 17.5. The Kier molecular flexibility index (Phi) is 5.09. The molecule has 0 N–H and O–H groups in total. The van der Waals surface area contributed by atoms with E-state index < -0.39 is 21.7 Å². The summed E-state index contributed by atoms with van der Waals surface area (Å²) in [6.45, 7) is 0. The molecule has 5 aliphatic rings. The topological polar surface area (TPSA) is 43.4 Å². The first kappa shape index (κ1) is 20.3. The fraction of sp³-hybridized carbons (Fsp3) is 0.909. The normalized spacial score (nSPS) is 47.1. The summed E-state index contributed by atoms with van der Waals surface area (Å²) in [5, 5.41) is 0. The highest BCUT2D eigenvalue weighted by Gasteiger charge is 2.53. The highest BCUT2D eigenvalue weighted by Crippen LogP contribution is 2.60. The van der Waals surface area contributed by atoms with Crippen LogP contribution in [0.4, 0.5) is 13.2 Å². The third-order valence-corrected chi connectivity index (χ3v) is 10.3. The van der Waals surface area contributed by atoms with E-state index in [2.05, 4.69) is 16.3 Å². The molecule has 0 aromatic heterocycles. The van der Waals surface area contributed by atoms with Crippen LogP contribution in [0.5, 0.6) is 0 Å². The first-order chi connectivity index (χ1) is 13.7. The molecule has 164 valence electrons. The van der Waals surface area contributed by atoms with E-state index in [0.717, 1.165) is 48.9 Å². The van der Waals surface area contributed by atoms with Gasteiger partial charge in [0.2, 0.25) is 0 Å². The monoisotopic (exact) mass is 432 g/mol. The number of halogens is 3. The van der Waals surface area contributed by atoms with Crippen molar-refractivity contribution in [2.75, 3.05) is 0 Å². The van der Waals surface area contributed by atoms with Gasteiger partial charge in [-0.15, -0.1) is 0 Å². The Morgan fingerprint density at radius 1 is 0.759 bits per heavy atom. The number of alkyl halides is 3. The molecule has 9 unspecified atom stereocenters. The molecule has 3 nitrogen and oxygen atoms in total. The minimum absolute atomic E-state index is 0.319. The molecule has 7 heteroatoms. The fourth-order valence-corrected chi connectivity index (χ4v) is 8.79. The molecule has 0 aromatic rings. The lowest BCUT2D eigenvalue weighted by molar-refractivity contribution is -0.0820. The molecule has 0 heterocycles. The van der Waals surface area contributed by atoms with Crippen molar-refractivity contribution >= 4 is 10.1 Å². The maximum atomic E-state index is 12.7. The quantitative estimate of drug-likeness (QED) is 0.320. The van der Waals surface area contributed by atoms with Crippen molar-refractivity contribution in [3.8, 4) is 0 Å². The standard InChI is InChI=1S/C22H31F3O3S/c23-22(24,25)29(26,27)28-15-6-9-17-14(12-15)5-8-21-19(17)11-10-18-16-3-1-2-13(16)4-7-20(18)21/h1-2,13-21H,3-12H2. The van der Waals surface area contributed by atoms with Gasteiger partial charge in [0.15, 0.2) is 0 Å². The highest BCUT2D eigenvalue weighted by atomic mass is 32.2. The molecule has 0 saturated heterocycles. The van der Waals surface area contributed by atoms with Crippen LogP contribution in [0.1, 0.15) is 64.2 Å². The average Bonchev–Trinajstić information content (AvgIpc) is 3.15. The summed E-state index contributed by atoms with van der Waals surface area (Å²) in [7, 11) is -5.49. The van der Waals surface area contributed by atoms with Gasteiger partial charge in [0, 0.05) is 0 Å². The van der Waals surface area contributed by atoms with Crippen molar-refractivity contribution in [2.45, 2.75) is 75.8 Å². The van der Waals surface area contributed by atoms with E-state index in [-0.39, 0.29) is 0 Å². The molecule has 0 bridgehead atoms. The van der Waals surface area contributed by atoms with Crippen LogP contribution in [-0.2, 0) is 14.3 Å². The summed E-state index contributed by atoms with van der Waals surface area (Å²) in [6, 6.07) is 0. The van der Waals surface area contributed by atoms with Crippen LogP contribution in [-0.4, -0.2) is 20.0 Å². The molecule has 0 aromatic carbocycles. The van der Waals surface area contributed by atoms with Crippen LogP contribution in [0.3, 0.4) is 0 Å². The number of fused-ring (bicyclic) bond motifs is 7. The van der Waals surface area contributed by atoms with Gasteiger partial charge in [0.05, 0.1) is 6.10 Å². The first-order valence-electron chi connectivity index (χ1n) is 11.4. The zero-order chi connectivity index (χ0) is 20.4. The predicted octanol–water partition coefficient (Wildman–Crippen LogP) is 5.68. The molecule has 0 amide bonds. The second-order valence-electron chi connectivity index (χ2n) is 10.2. The van der Waals surface area contributed by atoms with E-state index in [1.54, 1.807) is 0 Å². The Hall–Kier alpha value is -0.560. The van der Waals surface area contributed by atoms with E-state index >= 15 is 0 Å². The number of hydrogen-bond donors (Lipinski definition) is 0. The molecule has 0 radical (unpaired) electrons. The average molecular weight is 433 g/mol. The van der Waals surface area contributed by atoms with Gasteiger partial charge in [-0.2, -0.15) is 21.6 Å². The molecular weight excluding hydrogens is 401 g/mol. The summed E-state index contributed by atoms with van der Waals surface area (Å²) >= 11 is 0. The van der Waals surface area contributed by atoms with Gasteiger partial charge < -0.3 is 0 Å². The predicted molar refractivity (Wildman–Crippen MR) is 103 cm³/mol. The Balaban J connectivity index is 1.25. The molecule has 4 saturated carbocycles. The lowest BCUT2D eigenvalue weighted by Crippen LogP contribution is -2.49. The van der Waals surface area contributed by atoms with E-state index in [0.29, 0.717) is 30.6 Å². The third-order valence-electron chi connectivity index (χ3n) is 9.17. The minimum Gasteiger partial charge on any atom is -0.260 e. The second-order valence-corrected chi connectivity index (χ2v) is 11.8. The van der Waals surface area contributed by atoms with Gasteiger partial charge in [0.25, 0.3) is 0 Å². The van der Waals surface area contributed by atoms with Crippen LogP contribution < -0.4 is 0 Å². The Labute approximate surface area is 171 Å². The van der Waals surface area contributed by atoms with Gasteiger partial charge in [-0.3, -0.25) is 4.18 Å². The van der Waals surface area contributed by atoms with Crippen molar-refractivity contribution in [3.05, 3.63) is 12.2 Å². The fourth-order valence-electron chi connectivity index (χ4n) is 8.15. The van der Waals surface area contributed by atoms with Crippen LogP contribution in [0, 0.1) is 47.3 Å². The summed E-state index contributed by atoms with van der Waals surface area (Å²) in [5.74, 6) is 5.65. The minimum atomic E-state index is -5.49. The smallest absolute Gasteiger partial charge is 0.260 e. The van der Waals surface area contributed by atoms with Crippen molar-refractivity contribution in [2.24, 2.45) is 47.3 Å². The molecule has 4 fully saturated rings. The van der Waals surface area contributed by atoms with E-state index in [9.17, 15) is 21.6 Å². The summed E-state index contributed by atoms with van der Waals surface area (Å²) in [5.41, 5.74) is -5.33. The number of hydrogen-bond acceptors (Lipinski definition) is 3. The van der Waals surface area contributed by atoms with Crippen LogP contribution >= 0.6 is 0 Å². The summed E-state index contributed by atoms with van der Waals surface area (Å²) < 4.78 is 65.4. The third kappa shape index (κ3) is 3.48. The SMILES string of the molecule is O=S(=O)(OC1CCC2C(CCC3C2CCC2C4CC=CC4CCC23)C1)C(F)(F)F. The largest absolute Gasteiger partial charge is 0.523 e. The molecular formula is C22H31F3O3S. The van der Waals surface area contributed by atoms with Crippen LogP contribution in [0.15, 0.2) is 12.2 Å². The summed E-state index contributed by atoms with van der Waals surface area (Å²) in [6.07, 6.45) is 14.4. The Morgan fingerprint density at radius 2 is 1.34 bits per heavy atom. The molecule has 0 aliphatic heterocycles. The first-order valence-corrected chi connectivity index (χ1v) is 12.8. The van der Waals surface area contributed by atoms with Gasteiger partial charge in [0.1, 0.15) is 0 Å². The Bertz CT molecular complexity index is 762. The van der Waals surface area contributed by atoms with Gasteiger partial charge in [-0.05, 0) is 112 Å². The lowest BCUT2D eigenvalue weighted by Gasteiger charge is -2.56. The number of rotatable bonds is 2. The van der Waals surface area contributed by atoms with E-state index in [1.165, 1.54) is 32.1 Å². The van der Waals surface area contributed by atoms with Crippen LogP contribution in [0.25, 0.3) is 0 Å². The lowest BCUT2D eigenvalue weighted by atomic mass is 9.49. The second kappa shape index (κ2) is 7.25. The van der Waals surface area contributed by atoms with Crippen molar-refractivity contribution in [1.29, 1.82) is 0 Å². The Morgan fingerprint density at radius 3 is 2.07 bits per heavy atom. The maximum absolute atomic E-state index is 12.7. The maximum Gasteiger partial charge on any atom is 0.523 e.